The predicted octanol–water partition coefficient (Wildman–Crippen LogP) is 3.20. The van der Waals surface area contributed by atoms with Gasteiger partial charge in [0, 0.05) is 48.3 Å². The van der Waals surface area contributed by atoms with E-state index in [2.05, 4.69) is 10.3 Å². The number of hydrogen-bond donors (Lipinski definition) is 2. The molecule has 2 aromatic heterocycles. The number of oxazole rings is 1. The number of β-amino-alcohol motifs (C(OH)–C–C–N with tert-alkyl or cyclic N) is 1. The van der Waals surface area contributed by atoms with Gasteiger partial charge in [-0.15, -0.1) is 0 Å². The molecule has 202 valence electrons. The van der Waals surface area contributed by atoms with Crippen molar-refractivity contribution in [3.63, 3.8) is 0 Å². The van der Waals surface area contributed by atoms with Gasteiger partial charge in [-0.25, -0.2) is 13.4 Å². The topological polar surface area (TPSA) is 131 Å². The van der Waals surface area contributed by atoms with E-state index in [1.165, 1.54) is 17.1 Å². The van der Waals surface area contributed by atoms with Crippen LogP contribution in [-0.2, 0) is 16.3 Å². The molecule has 0 spiro atoms. The van der Waals surface area contributed by atoms with E-state index in [1.807, 2.05) is 30.0 Å². The zero-order valence-corrected chi connectivity index (χ0v) is 22.5. The van der Waals surface area contributed by atoms with E-state index in [4.69, 9.17) is 9.52 Å². The van der Waals surface area contributed by atoms with E-state index in [0.29, 0.717) is 49.6 Å². The van der Waals surface area contributed by atoms with Gasteiger partial charge in [-0.1, -0.05) is 0 Å². The lowest BCUT2D eigenvalue weighted by Gasteiger charge is -2.24. The summed E-state index contributed by atoms with van der Waals surface area (Å²) in [7, 11) is -3.70. The van der Waals surface area contributed by atoms with Gasteiger partial charge < -0.3 is 19.7 Å². The largest absolute Gasteiger partial charge is 0.444 e. The highest BCUT2D eigenvalue weighted by Crippen LogP contribution is 2.34. The average molecular weight is 548 g/mol. The Labute approximate surface area is 225 Å². The van der Waals surface area contributed by atoms with E-state index >= 15 is 0 Å². The minimum absolute atomic E-state index is 0.00824. The van der Waals surface area contributed by atoms with Crippen LogP contribution in [0.5, 0.6) is 0 Å². The Morgan fingerprint density at radius 1 is 1.15 bits per heavy atom. The zero-order valence-electron chi connectivity index (χ0n) is 21.7. The van der Waals surface area contributed by atoms with E-state index in [0.717, 1.165) is 40.6 Å². The van der Waals surface area contributed by atoms with Crippen molar-refractivity contribution in [3.8, 4) is 28.3 Å². The lowest BCUT2D eigenvalue weighted by Crippen LogP contribution is -2.31. The van der Waals surface area contributed by atoms with Crippen LogP contribution in [0, 0.1) is 6.92 Å². The number of nitrogens with zero attached hydrogens (tertiary/aromatic N) is 4. The molecule has 2 aromatic carbocycles. The lowest BCUT2D eigenvalue weighted by atomic mass is 9.96. The van der Waals surface area contributed by atoms with Crippen LogP contribution in [0.15, 0.2) is 63.1 Å². The molecule has 1 saturated heterocycles. The molecule has 6 rings (SSSR count). The fourth-order valence-electron chi connectivity index (χ4n) is 5.44. The van der Waals surface area contributed by atoms with Gasteiger partial charge in [0.2, 0.25) is 0 Å². The second-order valence-electron chi connectivity index (χ2n) is 10.2. The Bertz CT molecular complexity index is 1730. The molecule has 4 heterocycles. The minimum atomic E-state index is -3.70. The quantitative estimate of drug-likeness (QED) is 0.387. The molecule has 0 bridgehead atoms. The molecule has 39 heavy (non-hydrogen) atoms. The highest BCUT2D eigenvalue weighted by molar-refractivity contribution is 7.90. The molecule has 2 aliphatic heterocycles. The number of fused-ring (bicyclic) bond motifs is 1. The Morgan fingerprint density at radius 3 is 2.69 bits per heavy atom. The number of hydrogen-bond acceptors (Lipinski definition) is 9. The number of nitrogens with one attached hydrogen (secondary N) is 1. The van der Waals surface area contributed by atoms with Crippen molar-refractivity contribution in [1.29, 1.82) is 0 Å². The second-order valence-corrected chi connectivity index (χ2v) is 12.2. The smallest absolute Gasteiger partial charge is 0.295 e. The summed E-state index contributed by atoms with van der Waals surface area (Å²) in [5.41, 5.74) is 4.91. The summed E-state index contributed by atoms with van der Waals surface area (Å²) in [6.45, 7) is 3.67. The number of sulfone groups is 1. The summed E-state index contributed by atoms with van der Waals surface area (Å²) in [4.78, 5) is 19.9. The van der Waals surface area contributed by atoms with Gasteiger partial charge in [0.25, 0.3) is 5.56 Å². The first-order valence-electron chi connectivity index (χ1n) is 12.9. The van der Waals surface area contributed by atoms with Crippen LogP contribution in [-0.4, -0.2) is 60.3 Å². The number of anilines is 2. The molecule has 11 heteroatoms. The zero-order chi connectivity index (χ0) is 27.3. The van der Waals surface area contributed by atoms with Crippen molar-refractivity contribution in [1.82, 2.24) is 14.8 Å². The standard InChI is InChI=1S/C28H29N5O5S/c1-17-10-18(24-14-29-16-38-24)12-19(11-17)26-22-4-3-8-30-27(22)28(35)33(31-26)23-13-20(32-9-7-21(34)15-32)5-6-25(23)39(2,36)37/h5-6,10-14,16,21,30,34H,3-4,7-9,15H2,1-2H3. The van der Waals surface area contributed by atoms with Crippen molar-refractivity contribution >= 4 is 21.2 Å². The van der Waals surface area contributed by atoms with Crippen molar-refractivity contribution in [2.24, 2.45) is 0 Å². The number of benzene rings is 2. The third-order valence-electron chi connectivity index (χ3n) is 7.27. The number of aromatic nitrogens is 3. The lowest BCUT2D eigenvalue weighted by molar-refractivity contribution is 0.198. The van der Waals surface area contributed by atoms with Gasteiger partial charge in [0.05, 0.1) is 28.6 Å². The second kappa shape index (κ2) is 9.65. The summed E-state index contributed by atoms with van der Waals surface area (Å²) < 4.78 is 32.4. The number of aliphatic hydroxyl groups is 1. The maximum Gasteiger partial charge on any atom is 0.295 e. The van der Waals surface area contributed by atoms with Gasteiger partial charge in [-0.3, -0.25) is 4.79 Å². The highest BCUT2D eigenvalue weighted by Gasteiger charge is 2.27. The van der Waals surface area contributed by atoms with Crippen LogP contribution >= 0.6 is 0 Å². The molecule has 1 unspecified atom stereocenters. The molecule has 1 atom stereocenters. The third-order valence-corrected chi connectivity index (χ3v) is 8.41. The summed E-state index contributed by atoms with van der Waals surface area (Å²) in [5.74, 6) is 0.611. The summed E-state index contributed by atoms with van der Waals surface area (Å²) in [6, 6.07) is 10.8. The van der Waals surface area contributed by atoms with E-state index in [-0.39, 0.29) is 10.6 Å². The molecule has 4 aromatic rings. The fourth-order valence-corrected chi connectivity index (χ4v) is 6.28. The summed E-state index contributed by atoms with van der Waals surface area (Å²) in [6.07, 6.45) is 5.81. The van der Waals surface area contributed by atoms with Gasteiger partial charge in [0.1, 0.15) is 5.69 Å². The van der Waals surface area contributed by atoms with Gasteiger partial charge >= 0.3 is 0 Å². The molecule has 10 nitrogen and oxygen atoms in total. The normalized spacial score (nSPS) is 17.2. The van der Waals surface area contributed by atoms with Crippen LogP contribution in [0.4, 0.5) is 11.4 Å². The van der Waals surface area contributed by atoms with Crippen LogP contribution in [0.2, 0.25) is 0 Å². The molecule has 2 aliphatic rings. The highest BCUT2D eigenvalue weighted by atomic mass is 32.2. The Hall–Kier alpha value is -3.96. The van der Waals surface area contributed by atoms with Crippen LogP contribution < -0.4 is 15.8 Å². The Morgan fingerprint density at radius 2 is 1.97 bits per heavy atom. The first-order valence-corrected chi connectivity index (χ1v) is 14.8. The van der Waals surface area contributed by atoms with Gasteiger partial charge in [-0.2, -0.15) is 9.78 Å². The Balaban J connectivity index is 1.60. The third kappa shape index (κ3) is 4.72. The van der Waals surface area contributed by atoms with E-state index < -0.39 is 21.5 Å². The number of rotatable bonds is 5. The molecule has 2 N–H and O–H groups in total. The van der Waals surface area contributed by atoms with Crippen LogP contribution in [0.1, 0.15) is 24.0 Å². The molecule has 0 aliphatic carbocycles. The Kier molecular flexibility index (Phi) is 6.27. The van der Waals surface area contributed by atoms with Gasteiger partial charge in [0.15, 0.2) is 22.0 Å². The fraction of sp³-hybridized carbons (Fsp3) is 0.321. The SMILES string of the molecule is Cc1cc(-c2cnco2)cc(-c2nn(-c3cc(N4CCC(O)C4)ccc3S(C)(=O)=O)c(=O)c3c2CCCN3)c1. The van der Waals surface area contributed by atoms with Crippen molar-refractivity contribution in [2.45, 2.75) is 37.2 Å². The monoisotopic (exact) mass is 547 g/mol. The molecule has 0 radical (unpaired) electrons. The first-order chi connectivity index (χ1) is 18.7. The number of aryl methyl sites for hydroxylation is 1. The van der Waals surface area contributed by atoms with E-state index in [1.54, 1.807) is 18.3 Å². The van der Waals surface area contributed by atoms with Crippen molar-refractivity contribution in [3.05, 3.63) is 70.5 Å². The predicted molar refractivity (Wildman–Crippen MR) is 148 cm³/mol. The van der Waals surface area contributed by atoms with Crippen molar-refractivity contribution in [2.75, 3.05) is 36.1 Å². The minimum Gasteiger partial charge on any atom is -0.444 e. The van der Waals surface area contributed by atoms with Crippen LogP contribution in [0.3, 0.4) is 0 Å². The maximum atomic E-state index is 13.8. The van der Waals surface area contributed by atoms with Gasteiger partial charge in [-0.05, 0) is 68.1 Å². The summed E-state index contributed by atoms with van der Waals surface area (Å²) in [5, 5.41) is 18.1. The molecule has 0 saturated carbocycles. The number of aliphatic hydroxyl groups excluding tert-OH is 1. The first kappa shape index (κ1) is 25.3. The average Bonchev–Trinajstić information content (AvgIpc) is 3.60. The summed E-state index contributed by atoms with van der Waals surface area (Å²) >= 11 is 0. The molecule has 1 fully saturated rings. The molecular formula is C28H29N5O5S. The van der Waals surface area contributed by atoms with E-state index in [9.17, 15) is 18.3 Å². The van der Waals surface area contributed by atoms with Crippen LogP contribution in [0.25, 0.3) is 28.3 Å². The maximum absolute atomic E-state index is 13.8. The van der Waals surface area contributed by atoms with Crippen molar-refractivity contribution < 1.29 is 17.9 Å². The molecule has 0 amide bonds. The molecular weight excluding hydrogens is 518 g/mol.